The van der Waals surface area contributed by atoms with Gasteiger partial charge >= 0.3 is 11.8 Å². The molecule has 0 bridgehead atoms. The summed E-state index contributed by atoms with van der Waals surface area (Å²) in [7, 11) is 0. The molecule has 2 fully saturated rings. The van der Waals surface area contributed by atoms with Crippen molar-refractivity contribution in [2.45, 2.75) is 19.8 Å². The number of carbonyl (C=O) groups excluding carboxylic acids is 3. The molecule has 0 saturated carbocycles. The summed E-state index contributed by atoms with van der Waals surface area (Å²) >= 11 is 0. The topological polar surface area (TPSA) is 73.8 Å². The highest BCUT2D eigenvalue weighted by Gasteiger charge is 2.32. The molecule has 2 aliphatic rings. The Bertz CT molecular complexity index is 928. The van der Waals surface area contributed by atoms with Gasteiger partial charge in [0.15, 0.2) is 0 Å². The van der Waals surface area contributed by atoms with Crippen molar-refractivity contribution in [1.82, 2.24) is 19.7 Å². The Morgan fingerprint density at radius 1 is 0.821 bits per heavy atom. The molecule has 0 aliphatic carbocycles. The molecule has 7 nitrogen and oxygen atoms in total. The van der Waals surface area contributed by atoms with E-state index in [-0.39, 0.29) is 5.91 Å². The Hall–Kier alpha value is -2.96. The van der Waals surface area contributed by atoms with E-state index in [1.165, 1.54) is 0 Å². The summed E-state index contributed by atoms with van der Waals surface area (Å²) in [5, 5.41) is 0.932. The number of carbonyl (C=O) groups is 3. The predicted molar refractivity (Wildman–Crippen MR) is 105 cm³/mol. The van der Waals surface area contributed by atoms with Crippen molar-refractivity contribution in [2.75, 3.05) is 39.3 Å². The number of pyridine rings is 1. The lowest BCUT2D eigenvalue weighted by Gasteiger charge is -2.35. The van der Waals surface area contributed by atoms with E-state index in [0.29, 0.717) is 50.5 Å². The largest absolute Gasteiger partial charge is 0.335 e. The molecule has 2 saturated heterocycles. The second-order valence-electron chi connectivity index (χ2n) is 7.40. The van der Waals surface area contributed by atoms with Gasteiger partial charge in [-0.1, -0.05) is 18.2 Å². The number of fused-ring (bicyclic) bond motifs is 1. The Balaban J connectivity index is 1.42. The van der Waals surface area contributed by atoms with Crippen LogP contribution in [0.15, 0.2) is 30.3 Å². The number of aryl methyl sites for hydroxylation is 1. The number of rotatable bonds is 1. The van der Waals surface area contributed by atoms with Gasteiger partial charge in [-0.25, -0.2) is 0 Å². The van der Waals surface area contributed by atoms with Gasteiger partial charge in [0.2, 0.25) is 0 Å². The van der Waals surface area contributed by atoms with Crippen LogP contribution >= 0.6 is 0 Å². The molecular weight excluding hydrogens is 356 g/mol. The second-order valence-corrected chi connectivity index (χ2v) is 7.40. The number of likely N-dealkylation sites (tertiary alicyclic amines) is 1. The van der Waals surface area contributed by atoms with Crippen LogP contribution in [0.4, 0.5) is 0 Å². The van der Waals surface area contributed by atoms with Gasteiger partial charge in [0.25, 0.3) is 5.91 Å². The third kappa shape index (κ3) is 3.44. The molecule has 2 aromatic rings. The average Bonchev–Trinajstić information content (AvgIpc) is 3.26. The van der Waals surface area contributed by atoms with Crippen molar-refractivity contribution in [1.29, 1.82) is 0 Å². The summed E-state index contributed by atoms with van der Waals surface area (Å²) in [5.74, 6) is -0.932. The van der Waals surface area contributed by atoms with Crippen LogP contribution in [0.1, 0.15) is 28.9 Å². The van der Waals surface area contributed by atoms with E-state index < -0.39 is 11.8 Å². The van der Waals surface area contributed by atoms with Crippen LogP contribution < -0.4 is 0 Å². The van der Waals surface area contributed by atoms with Crippen LogP contribution in [0.5, 0.6) is 0 Å². The SMILES string of the molecule is Cc1nc2ccccc2cc1C(=O)N1CCN(C(=O)C(=O)N2CCCC2)CC1. The van der Waals surface area contributed by atoms with E-state index in [2.05, 4.69) is 4.98 Å². The normalized spacial score (nSPS) is 17.2. The fraction of sp³-hybridized carbons (Fsp3) is 0.429. The molecule has 1 aromatic heterocycles. The van der Waals surface area contributed by atoms with Crippen molar-refractivity contribution in [3.63, 3.8) is 0 Å². The highest BCUT2D eigenvalue weighted by atomic mass is 16.2. The zero-order chi connectivity index (χ0) is 19.7. The zero-order valence-electron chi connectivity index (χ0n) is 16.1. The van der Waals surface area contributed by atoms with Gasteiger partial charge in [0.1, 0.15) is 0 Å². The van der Waals surface area contributed by atoms with Gasteiger partial charge in [-0.15, -0.1) is 0 Å². The lowest BCUT2D eigenvalue weighted by atomic mass is 10.1. The third-order valence-corrected chi connectivity index (χ3v) is 5.58. The van der Waals surface area contributed by atoms with Crippen molar-refractivity contribution < 1.29 is 14.4 Å². The highest BCUT2D eigenvalue weighted by Crippen LogP contribution is 2.19. The molecule has 0 atom stereocenters. The Labute approximate surface area is 163 Å². The standard InChI is InChI=1S/C21H24N4O3/c1-15-17(14-16-6-2-3-7-18(16)22-15)19(26)24-10-12-25(13-11-24)21(28)20(27)23-8-4-5-9-23/h2-3,6-7,14H,4-5,8-13H2,1H3. The fourth-order valence-corrected chi connectivity index (χ4v) is 3.90. The monoisotopic (exact) mass is 380 g/mol. The van der Waals surface area contributed by atoms with E-state index in [1.54, 1.807) is 14.7 Å². The van der Waals surface area contributed by atoms with Crippen LogP contribution in [0, 0.1) is 6.92 Å². The number of aromatic nitrogens is 1. The van der Waals surface area contributed by atoms with Gasteiger partial charge < -0.3 is 14.7 Å². The van der Waals surface area contributed by atoms with Crippen LogP contribution in [0.25, 0.3) is 10.9 Å². The second kappa shape index (κ2) is 7.58. The molecule has 7 heteroatoms. The molecule has 4 rings (SSSR count). The molecule has 1 aromatic carbocycles. The summed E-state index contributed by atoms with van der Waals surface area (Å²) in [6.07, 6.45) is 1.92. The van der Waals surface area contributed by atoms with Gasteiger partial charge in [0, 0.05) is 44.7 Å². The number of amides is 3. The lowest BCUT2D eigenvalue weighted by Crippen LogP contribution is -2.54. The first-order chi connectivity index (χ1) is 13.5. The number of para-hydroxylation sites is 1. The first-order valence-electron chi connectivity index (χ1n) is 9.78. The van der Waals surface area contributed by atoms with E-state index in [4.69, 9.17) is 0 Å². The van der Waals surface area contributed by atoms with Crippen molar-refractivity contribution in [3.05, 3.63) is 41.6 Å². The average molecular weight is 380 g/mol. The zero-order valence-corrected chi connectivity index (χ0v) is 16.1. The quantitative estimate of drug-likeness (QED) is 0.702. The van der Waals surface area contributed by atoms with Crippen molar-refractivity contribution >= 4 is 28.6 Å². The minimum absolute atomic E-state index is 0.0753. The Morgan fingerprint density at radius 3 is 2.07 bits per heavy atom. The van der Waals surface area contributed by atoms with Gasteiger partial charge in [-0.05, 0) is 31.9 Å². The number of hydrogen-bond acceptors (Lipinski definition) is 4. The number of piperazine rings is 1. The first-order valence-corrected chi connectivity index (χ1v) is 9.78. The Kier molecular flexibility index (Phi) is 4.98. The summed E-state index contributed by atoms with van der Waals surface area (Å²) in [6.45, 7) is 4.77. The molecule has 0 N–H and O–H groups in total. The lowest BCUT2D eigenvalue weighted by molar-refractivity contribution is -0.152. The van der Waals surface area contributed by atoms with Crippen molar-refractivity contribution in [3.8, 4) is 0 Å². The summed E-state index contributed by atoms with van der Waals surface area (Å²) in [4.78, 5) is 47.2. The predicted octanol–water partition coefficient (Wildman–Crippen LogP) is 1.45. The molecule has 0 radical (unpaired) electrons. The van der Waals surface area contributed by atoms with Gasteiger partial charge in [0.05, 0.1) is 16.8 Å². The first kappa shape index (κ1) is 18.4. The molecule has 3 amide bonds. The molecule has 146 valence electrons. The molecule has 0 spiro atoms. The maximum absolute atomic E-state index is 13.0. The van der Waals surface area contributed by atoms with Gasteiger partial charge in [-0.2, -0.15) is 0 Å². The van der Waals surface area contributed by atoms with Crippen LogP contribution in [-0.4, -0.2) is 76.7 Å². The van der Waals surface area contributed by atoms with E-state index >= 15 is 0 Å². The Morgan fingerprint density at radius 2 is 1.39 bits per heavy atom. The molecule has 3 heterocycles. The van der Waals surface area contributed by atoms with Crippen LogP contribution in [0.2, 0.25) is 0 Å². The minimum Gasteiger partial charge on any atom is -0.335 e. The summed E-state index contributed by atoms with van der Waals surface area (Å²) in [5.41, 5.74) is 2.16. The summed E-state index contributed by atoms with van der Waals surface area (Å²) < 4.78 is 0. The van der Waals surface area contributed by atoms with Crippen LogP contribution in [-0.2, 0) is 9.59 Å². The van der Waals surface area contributed by atoms with Gasteiger partial charge in [-0.3, -0.25) is 19.4 Å². The maximum atomic E-state index is 13.0. The van der Waals surface area contributed by atoms with E-state index in [9.17, 15) is 14.4 Å². The highest BCUT2D eigenvalue weighted by molar-refractivity contribution is 6.35. The van der Waals surface area contributed by atoms with E-state index in [1.807, 2.05) is 37.3 Å². The molecule has 0 unspecified atom stereocenters. The molecule has 28 heavy (non-hydrogen) atoms. The van der Waals surface area contributed by atoms with E-state index in [0.717, 1.165) is 23.7 Å². The van der Waals surface area contributed by atoms with Crippen molar-refractivity contribution in [2.24, 2.45) is 0 Å². The molecule has 2 aliphatic heterocycles. The summed E-state index contributed by atoms with van der Waals surface area (Å²) in [6, 6.07) is 9.61. The maximum Gasteiger partial charge on any atom is 0.312 e. The minimum atomic E-state index is -0.447. The third-order valence-electron chi connectivity index (χ3n) is 5.58. The molecular formula is C21H24N4O3. The van der Waals surface area contributed by atoms with Crippen LogP contribution in [0.3, 0.4) is 0 Å². The number of benzene rings is 1. The fourth-order valence-electron chi connectivity index (χ4n) is 3.90. The number of hydrogen-bond donors (Lipinski definition) is 0. The smallest absolute Gasteiger partial charge is 0.312 e. The number of nitrogens with zero attached hydrogens (tertiary/aromatic N) is 4.